The third-order valence-electron chi connectivity index (χ3n) is 2.16. The molecule has 1 aromatic heterocycles. The summed E-state index contributed by atoms with van der Waals surface area (Å²) in [7, 11) is -3.54. The summed E-state index contributed by atoms with van der Waals surface area (Å²) in [6.07, 6.45) is 0.737. The van der Waals surface area contributed by atoms with Crippen LogP contribution in [0.3, 0.4) is 0 Å². The summed E-state index contributed by atoms with van der Waals surface area (Å²) in [5.74, 6) is 0.217. The number of benzene rings is 1. The molecule has 1 heterocycles. The van der Waals surface area contributed by atoms with Gasteiger partial charge < -0.3 is 4.98 Å². The maximum Gasteiger partial charge on any atom is 0.301 e. The second-order valence-corrected chi connectivity index (χ2v) is 5.10. The number of nitrogens with one attached hydrogen (secondary N) is 3. The van der Waals surface area contributed by atoms with E-state index in [2.05, 4.69) is 19.4 Å². The number of anilines is 1. The second kappa shape index (κ2) is 4.72. The van der Waals surface area contributed by atoms with E-state index in [0.717, 1.165) is 17.5 Å². The molecule has 2 aromatic rings. The van der Waals surface area contributed by atoms with Gasteiger partial charge in [0.15, 0.2) is 0 Å². The van der Waals surface area contributed by atoms with Crippen LogP contribution in [-0.2, 0) is 10.2 Å². The normalized spacial score (nSPS) is 11.8. The topological polar surface area (TPSA) is 86.9 Å². The average Bonchev–Trinajstić information content (AvgIpc) is 2.67. The van der Waals surface area contributed by atoms with E-state index in [1.807, 2.05) is 31.2 Å². The number of fused-ring (bicyclic) bond motifs is 1. The van der Waals surface area contributed by atoms with Gasteiger partial charge in [0.25, 0.3) is 0 Å². The Labute approximate surface area is 99.6 Å². The smallest absolute Gasteiger partial charge is 0.301 e. The van der Waals surface area contributed by atoms with Crippen LogP contribution in [0.1, 0.15) is 13.3 Å². The van der Waals surface area contributed by atoms with E-state index in [4.69, 9.17) is 0 Å². The molecule has 0 saturated heterocycles. The van der Waals surface area contributed by atoms with Gasteiger partial charge in [0.05, 0.1) is 11.0 Å². The number of nitrogens with zero attached hydrogens (tertiary/aromatic N) is 1. The van der Waals surface area contributed by atoms with Crippen LogP contribution < -0.4 is 9.44 Å². The lowest BCUT2D eigenvalue weighted by molar-refractivity contribution is 0.586. The summed E-state index contributed by atoms with van der Waals surface area (Å²) < 4.78 is 27.8. The zero-order valence-corrected chi connectivity index (χ0v) is 10.2. The van der Waals surface area contributed by atoms with Crippen molar-refractivity contribution in [3.8, 4) is 0 Å². The minimum absolute atomic E-state index is 0.217. The van der Waals surface area contributed by atoms with Crippen LogP contribution in [0.25, 0.3) is 11.0 Å². The van der Waals surface area contributed by atoms with Gasteiger partial charge in [-0.25, -0.2) is 9.71 Å². The first-order valence-electron chi connectivity index (χ1n) is 5.33. The van der Waals surface area contributed by atoms with Crippen LogP contribution in [0, 0.1) is 0 Å². The van der Waals surface area contributed by atoms with E-state index in [1.165, 1.54) is 0 Å². The molecular weight excluding hydrogens is 240 g/mol. The second-order valence-electron chi connectivity index (χ2n) is 3.60. The maximum atomic E-state index is 11.6. The predicted octanol–water partition coefficient (Wildman–Crippen LogP) is 1.22. The summed E-state index contributed by atoms with van der Waals surface area (Å²) in [6, 6.07) is 7.34. The molecule has 6 nitrogen and oxygen atoms in total. The van der Waals surface area contributed by atoms with Crippen molar-refractivity contribution >= 4 is 27.2 Å². The number of para-hydroxylation sites is 2. The fraction of sp³-hybridized carbons (Fsp3) is 0.300. The van der Waals surface area contributed by atoms with Gasteiger partial charge in [-0.1, -0.05) is 19.1 Å². The highest BCUT2D eigenvalue weighted by atomic mass is 32.2. The Balaban J connectivity index is 2.18. The molecule has 0 aliphatic carbocycles. The molecule has 2 rings (SSSR count). The van der Waals surface area contributed by atoms with Crippen LogP contribution in [-0.4, -0.2) is 24.9 Å². The summed E-state index contributed by atoms with van der Waals surface area (Å²) in [5.41, 5.74) is 1.52. The first-order chi connectivity index (χ1) is 8.11. The van der Waals surface area contributed by atoms with Gasteiger partial charge in [-0.15, -0.1) is 0 Å². The lowest BCUT2D eigenvalue weighted by Gasteiger charge is -2.04. The van der Waals surface area contributed by atoms with E-state index in [1.54, 1.807) is 0 Å². The minimum atomic E-state index is -3.54. The lowest BCUT2D eigenvalue weighted by Crippen LogP contribution is -2.31. The number of imidazole rings is 1. The van der Waals surface area contributed by atoms with E-state index in [0.29, 0.717) is 6.54 Å². The van der Waals surface area contributed by atoms with Crippen molar-refractivity contribution in [2.45, 2.75) is 13.3 Å². The highest BCUT2D eigenvalue weighted by molar-refractivity contribution is 7.90. The molecule has 92 valence electrons. The Bertz CT molecular complexity index is 573. The molecule has 17 heavy (non-hydrogen) atoms. The van der Waals surface area contributed by atoms with Crippen LogP contribution >= 0.6 is 0 Å². The Morgan fingerprint density at radius 2 is 2.12 bits per heavy atom. The summed E-state index contributed by atoms with van der Waals surface area (Å²) in [4.78, 5) is 7.01. The predicted molar refractivity (Wildman–Crippen MR) is 66.9 cm³/mol. The molecule has 7 heteroatoms. The zero-order valence-electron chi connectivity index (χ0n) is 9.40. The van der Waals surface area contributed by atoms with Gasteiger partial charge in [-0.3, -0.25) is 0 Å². The van der Waals surface area contributed by atoms with Crippen LogP contribution in [0.5, 0.6) is 0 Å². The molecule has 0 unspecified atom stereocenters. The SMILES string of the molecule is CCCNS(=O)(=O)Nc1nc2ccccc2[nH]1. The van der Waals surface area contributed by atoms with E-state index in [9.17, 15) is 8.42 Å². The van der Waals surface area contributed by atoms with Gasteiger partial charge >= 0.3 is 10.2 Å². The fourth-order valence-corrected chi connectivity index (χ4v) is 2.30. The number of hydrogen-bond acceptors (Lipinski definition) is 3. The van der Waals surface area contributed by atoms with Gasteiger partial charge in [0.2, 0.25) is 5.95 Å². The highest BCUT2D eigenvalue weighted by Crippen LogP contribution is 2.13. The first-order valence-corrected chi connectivity index (χ1v) is 6.81. The van der Waals surface area contributed by atoms with Crippen molar-refractivity contribution in [3.05, 3.63) is 24.3 Å². The molecule has 0 bridgehead atoms. The Morgan fingerprint density at radius 1 is 1.35 bits per heavy atom. The summed E-state index contributed by atoms with van der Waals surface area (Å²) in [6.45, 7) is 2.29. The van der Waals surface area contributed by atoms with Crippen molar-refractivity contribution in [3.63, 3.8) is 0 Å². The van der Waals surface area contributed by atoms with Crippen molar-refractivity contribution < 1.29 is 8.42 Å². The summed E-state index contributed by atoms with van der Waals surface area (Å²) >= 11 is 0. The average molecular weight is 254 g/mol. The maximum absolute atomic E-state index is 11.6. The van der Waals surface area contributed by atoms with E-state index < -0.39 is 10.2 Å². The molecule has 1 aromatic carbocycles. The van der Waals surface area contributed by atoms with Gasteiger partial charge in [-0.05, 0) is 18.6 Å². The number of aromatic nitrogens is 2. The van der Waals surface area contributed by atoms with E-state index >= 15 is 0 Å². The molecule has 0 spiro atoms. The fourth-order valence-electron chi connectivity index (χ4n) is 1.40. The Morgan fingerprint density at radius 3 is 2.82 bits per heavy atom. The molecule has 0 saturated carbocycles. The monoisotopic (exact) mass is 254 g/mol. The molecule has 3 N–H and O–H groups in total. The van der Waals surface area contributed by atoms with Crippen molar-refractivity contribution in [1.29, 1.82) is 0 Å². The number of hydrogen-bond donors (Lipinski definition) is 3. The zero-order chi connectivity index (χ0) is 12.3. The van der Waals surface area contributed by atoms with Gasteiger partial charge in [0.1, 0.15) is 0 Å². The standard InChI is InChI=1S/C10H14N4O2S/c1-2-7-11-17(15,16)14-10-12-8-5-3-4-6-9(8)13-10/h3-6,11H,2,7H2,1H3,(H2,12,13,14). The van der Waals surface area contributed by atoms with Crippen molar-refractivity contribution in [1.82, 2.24) is 14.7 Å². The molecule has 0 aliphatic heterocycles. The third kappa shape index (κ3) is 2.95. The Hall–Kier alpha value is -1.60. The van der Waals surface area contributed by atoms with Crippen LogP contribution in [0.15, 0.2) is 24.3 Å². The number of aromatic amines is 1. The first kappa shape index (κ1) is 11.9. The number of H-pyrrole nitrogens is 1. The molecule has 0 atom stereocenters. The molecular formula is C10H14N4O2S. The van der Waals surface area contributed by atoms with Gasteiger partial charge in [0, 0.05) is 6.54 Å². The van der Waals surface area contributed by atoms with Crippen molar-refractivity contribution in [2.24, 2.45) is 0 Å². The largest absolute Gasteiger partial charge is 0.323 e. The van der Waals surface area contributed by atoms with Crippen LogP contribution in [0.4, 0.5) is 5.95 Å². The summed E-state index contributed by atoms with van der Waals surface area (Å²) in [5, 5.41) is 0. The third-order valence-corrected chi connectivity index (χ3v) is 3.21. The molecule has 0 amide bonds. The lowest BCUT2D eigenvalue weighted by atomic mass is 10.3. The minimum Gasteiger partial charge on any atom is -0.323 e. The molecule has 0 fully saturated rings. The quantitative estimate of drug-likeness (QED) is 0.749. The van der Waals surface area contributed by atoms with E-state index in [-0.39, 0.29) is 5.95 Å². The van der Waals surface area contributed by atoms with Crippen LogP contribution in [0.2, 0.25) is 0 Å². The van der Waals surface area contributed by atoms with Crippen molar-refractivity contribution in [2.75, 3.05) is 11.3 Å². The highest BCUT2D eigenvalue weighted by Gasteiger charge is 2.11. The molecule has 0 aliphatic rings. The van der Waals surface area contributed by atoms with Gasteiger partial charge in [-0.2, -0.15) is 13.1 Å². The number of rotatable bonds is 5. The Kier molecular flexibility index (Phi) is 3.30. The molecule has 0 radical (unpaired) electrons.